The van der Waals surface area contributed by atoms with Crippen LogP contribution in [0.1, 0.15) is 17.6 Å². The van der Waals surface area contributed by atoms with Gasteiger partial charge in [0.2, 0.25) is 5.88 Å². The summed E-state index contributed by atoms with van der Waals surface area (Å²) in [7, 11) is 0. The highest BCUT2D eigenvalue weighted by Gasteiger charge is 2.19. The number of alkyl halides is 2. The molecule has 2 N–H and O–H groups in total. The van der Waals surface area contributed by atoms with Gasteiger partial charge in [0.15, 0.2) is 0 Å². The highest BCUT2D eigenvalue weighted by Crippen LogP contribution is 2.27. The SMILES string of the molecule is N#Cc1cc(=O)[nH]c(O)c1C(F)F. The van der Waals surface area contributed by atoms with Crippen molar-refractivity contribution in [1.29, 1.82) is 5.26 Å². The number of aromatic hydroxyl groups is 1. The molecule has 1 rings (SSSR count). The molecule has 0 unspecified atom stereocenters. The zero-order valence-electron chi connectivity index (χ0n) is 6.21. The van der Waals surface area contributed by atoms with E-state index >= 15 is 0 Å². The lowest BCUT2D eigenvalue weighted by Gasteiger charge is -2.03. The van der Waals surface area contributed by atoms with E-state index in [1.165, 1.54) is 6.07 Å². The maximum absolute atomic E-state index is 12.2. The standard InChI is InChI=1S/C7H4F2N2O2/c8-6(9)5-3(2-10)1-4(12)11-7(5)13/h1,6H,(H2,11,12,13). The number of hydrogen-bond acceptors (Lipinski definition) is 3. The minimum absolute atomic E-state index is 0.517. The summed E-state index contributed by atoms with van der Waals surface area (Å²) in [5.41, 5.74) is -2.16. The molecule has 0 atom stereocenters. The fraction of sp³-hybridized carbons (Fsp3) is 0.143. The number of pyridine rings is 1. The Hall–Kier alpha value is -1.90. The second kappa shape index (κ2) is 3.23. The van der Waals surface area contributed by atoms with Gasteiger partial charge in [0.1, 0.15) is 6.07 Å². The minimum atomic E-state index is -2.99. The van der Waals surface area contributed by atoms with Gasteiger partial charge in [0, 0.05) is 6.07 Å². The lowest BCUT2D eigenvalue weighted by molar-refractivity contribution is 0.146. The summed E-state index contributed by atoms with van der Waals surface area (Å²) in [6.45, 7) is 0. The number of rotatable bonds is 1. The molecular weight excluding hydrogens is 182 g/mol. The topological polar surface area (TPSA) is 76.9 Å². The highest BCUT2D eigenvalue weighted by molar-refractivity contribution is 5.42. The fourth-order valence-corrected chi connectivity index (χ4v) is 0.870. The summed E-state index contributed by atoms with van der Waals surface area (Å²) in [4.78, 5) is 12.4. The van der Waals surface area contributed by atoms with Crippen LogP contribution in [0.5, 0.6) is 5.88 Å². The Kier molecular flexibility index (Phi) is 2.28. The quantitative estimate of drug-likeness (QED) is 0.683. The summed E-state index contributed by atoms with van der Waals surface area (Å²) < 4.78 is 24.3. The molecule has 0 bridgehead atoms. The molecule has 1 heterocycles. The molecule has 0 aliphatic carbocycles. The largest absolute Gasteiger partial charge is 0.494 e. The number of H-pyrrole nitrogens is 1. The number of nitrogens with zero attached hydrogens (tertiary/aromatic N) is 1. The van der Waals surface area contributed by atoms with E-state index in [0.29, 0.717) is 6.07 Å². The number of hydrogen-bond donors (Lipinski definition) is 2. The van der Waals surface area contributed by atoms with Crippen molar-refractivity contribution >= 4 is 0 Å². The van der Waals surface area contributed by atoms with Crippen molar-refractivity contribution in [3.05, 3.63) is 27.5 Å². The van der Waals surface area contributed by atoms with Gasteiger partial charge < -0.3 is 5.11 Å². The number of nitriles is 1. The van der Waals surface area contributed by atoms with Gasteiger partial charge >= 0.3 is 0 Å². The number of aromatic nitrogens is 1. The van der Waals surface area contributed by atoms with E-state index < -0.39 is 29.0 Å². The molecule has 68 valence electrons. The van der Waals surface area contributed by atoms with Gasteiger partial charge in [-0.3, -0.25) is 9.78 Å². The third kappa shape index (κ3) is 1.64. The number of aromatic amines is 1. The molecule has 0 fully saturated rings. The predicted octanol–water partition coefficient (Wildman–Crippen LogP) is 0.890. The van der Waals surface area contributed by atoms with E-state index in [-0.39, 0.29) is 0 Å². The Bertz CT molecular complexity index is 419. The number of nitrogens with one attached hydrogen (secondary N) is 1. The average Bonchev–Trinajstić information content (AvgIpc) is 2.01. The van der Waals surface area contributed by atoms with Crippen molar-refractivity contribution in [3.8, 4) is 11.9 Å². The molecule has 0 aliphatic rings. The molecule has 6 heteroatoms. The molecule has 0 aromatic carbocycles. The Morgan fingerprint density at radius 2 is 2.23 bits per heavy atom. The molecule has 1 aromatic rings. The van der Waals surface area contributed by atoms with Gasteiger partial charge in [0.25, 0.3) is 12.0 Å². The number of halogens is 2. The van der Waals surface area contributed by atoms with Crippen molar-refractivity contribution in [3.63, 3.8) is 0 Å². The molecule has 0 spiro atoms. The van der Waals surface area contributed by atoms with Crippen molar-refractivity contribution in [1.82, 2.24) is 4.98 Å². The first-order chi connectivity index (χ1) is 6.06. The van der Waals surface area contributed by atoms with Crippen molar-refractivity contribution in [2.24, 2.45) is 0 Å². The summed E-state index contributed by atoms with van der Waals surface area (Å²) in [5.74, 6) is -0.959. The van der Waals surface area contributed by atoms with Crippen LogP contribution in [-0.2, 0) is 0 Å². The molecule has 0 aliphatic heterocycles. The first-order valence-corrected chi connectivity index (χ1v) is 3.20. The van der Waals surface area contributed by atoms with Crippen LogP contribution in [0.15, 0.2) is 10.9 Å². The average molecular weight is 186 g/mol. The van der Waals surface area contributed by atoms with Gasteiger partial charge in [-0.25, -0.2) is 8.78 Å². The zero-order valence-corrected chi connectivity index (χ0v) is 6.21. The lowest BCUT2D eigenvalue weighted by atomic mass is 10.1. The van der Waals surface area contributed by atoms with Crippen molar-refractivity contribution in [2.45, 2.75) is 6.43 Å². The maximum atomic E-state index is 12.2. The van der Waals surface area contributed by atoms with Crippen molar-refractivity contribution < 1.29 is 13.9 Å². The van der Waals surface area contributed by atoms with Gasteiger partial charge in [-0.1, -0.05) is 0 Å². The van der Waals surface area contributed by atoms with E-state index in [9.17, 15) is 13.6 Å². The monoisotopic (exact) mass is 186 g/mol. The Morgan fingerprint density at radius 3 is 2.69 bits per heavy atom. The second-order valence-electron chi connectivity index (χ2n) is 2.22. The van der Waals surface area contributed by atoms with Crippen LogP contribution in [0.3, 0.4) is 0 Å². The Labute approximate surface area is 71.1 Å². The zero-order chi connectivity index (χ0) is 10.0. The molecule has 0 saturated heterocycles. The Balaban J connectivity index is 3.50. The lowest BCUT2D eigenvalue weighted by Crippen LogP contribution is -2.08. The van der Waals surface area contributed by atoms with Crippen molar-refractivity contribution in [2.75, 3.05) is 0 Å². The summed E-state index contributed by atoms with van der Waals surface area (Å²) in [5, 5.41) is 17.3. The van der Waals surface area contributed by atoms with E-state index in [2.05, 4.69) is 0 Å². The van der Waals surface area contributed by atoms with Crippen LogP contribution < -0.4 is 5.56 Å². The van der Waals surface area contributed by atoms with Crippen LogP contribution in [0.2, 0.25) is 0 Å². The summed E-state index contributed by atoms with van der Waals surface area (Å²) in [6.07, 6.45) is -2.99. The summed E-state index contributed by atoms with van der Waals surface area (Å²) in [6, 6.07) is 2.11. The predicted molar refractivity (Wildman–Crippen MR) is 38.4 cm³/mol. The van der Waals surface area contributed by atoms with E-state index in [4.69, 9.17) is 10.4 Å². The molecule has 0 amide bonds. The van der Waals surface area contributed by atoms with Gasteiger partial charge in [-0.05, 0) is 0 Å². The smallest absolute Gasteiger partial charge is 0.270 e. The first-order valence-electron chi connectivity index (χ1n) is 3.20. The molecule has 0 radical (unpaired) electrons. The third-order valence-corrected chi connectivity index (χ3v) is 1.40. The maximum Gasteiger partial charge on any atom is 0.270 e. The summed E-state index contributed by atoms with van der Waals surface area (Å²) >= 11 is 0. The second-order valence-corrected chi connectivity index (χ2v) is 2.22. The van der Waals surface area contributed by atoms with Crippen LogP contribution in [0, 0.1) is 11.3 Å². The van der Waals surface area contributed by atoms with Crippen LogP contribution in [0.4, 0.5) is 8.78 Å². The Morgan fingerprint density at radius 1 is 1.62 bits per heavy atom. The minimum Gasteiger partial charge on any atom is -0.494 e. The van der Waals surface area contributed by atoms with E-state index in [1.54, 1.807) is 4.98 Å². The van der Waals surface area contributed by atoms with Crippen LogP contribution in [-0.4, -0.2) is 10.1 Å². The van der Waals surface area contributed by atoms with Gasteiger partial charge in [-0.2, -0.15) is 5.26 Å². The molecule has 1 aromatic heterocycles. The third-order valence-electron chi connectivity index (χ3n) is 1.40. The molecule has 13 heavy (non-hydrogen) atoms. The van der Waals surface area contributed by atoms with E-state index in [1.807, 2.05) is 0 Å². The molecule has 0 saturated carbocycles. The van der Waals surface area contributed by atoms with Crippen LogP contribution >= 0.6 is 0 Å². The molecule has 4 nitrogen and oxygen atoms in total. The van der Waals surface area contributed by atoms with Crippen LogP contribution in [0.25, 0.3) is 0 Å². The first kappa shape index (κ1) is 9.19. The fourth-order valence-electron chi connectivity index (χ4n) is 0.870. The van der Waals surface area contributed by atoms with E-state index in [0.717, 1.165) is 0 Å². The van der Waals surface area contributed by atoms with Gasteiger partial charge in [0.05, 0.1) is 11.1 Å². The normalized spacial score (nSPS) is 10.0. The molecular formula is C7H4F2N2O2. The highest BCUT2D eigenvalue weighted by atomic mass is 19.3. The van der Waals surface area contributed by atoms with Gasteiger partial charge in [-0.15, -0.1) is 0 Å².